The quantitative estimate of drug-likeness (QED) is 0.767. The molecule has 0 radical (unpaired) electrons. The van der Waals surface area contributed by atoms with Crippen LogP contribution >= 0.6 is 11.3 Å². The van der Waals surface area contributed by atoms with Crippen molar-refractivity contribution in [3.8, 4) is 6.07 Å². The molecule has 1 rings (SSSR count). The van der Waals surface area contributed by atoms with Crippen LogP contribution in [0, 0.1) is 11.3 Å². The third kappa shape index (κ3) is 3.85. The predicted molar refractivity (Wildman–Crippen MR) is 54.8 cm³/mol. The van der Waals surface area contributed by atoms with Crippen molar-refractivity contribution in [2.75, 3.05) is 12.0 Å². The van der Waals surface area contributed by atoms with Crippen LogP contribution in [0.25, 0.3) is 0 Å². The van der Waals surface area contributed by atoms with Gasteiger partial charge in [-0.2, -0.15) is 5.26 Å². The molecule has 0 aliphatic rings. The molecule has 6 heteroatoms. The van der Waals surface area contributed by atoms with E-state index >= 15 is 0 Å². The minimum Gasteiger partial charge on any atom is -0.245 e. The highest BCUT2D eigenvalue weighted by atomic mass is 32.2. The fourth-order valence-electron chi connectivity index (χ4n) is 0.899. The van der Waals surface area contributed by atoms with Crippen LogP contribution in [-0.2, 0) is 22.7 Å². The Balaban J connectivity index is 2.57. The van der Waals surface area contributed by atoms with Gasteiger partial charge in [0.2, 0.25) is 0 Å². The molecule has 0 unspecified atom stereocenters. The number of nitrogens with zero attached hydrogens (tertiary/aromatic N) is 2. The molecule has 0 spiro atoms. The summed E-state index contributed by atoms with van der Waals surface area (Å²) in [6, 6.07) is 2.00. The average Bonchev–Trinajstić information content (AvgIpc) is 2.49. The lowest BCUT2D eigenvalue weighted by Gasteiger charge is -1.93. The second kappa shape index (κ2) is 4.53. The zero-order valence-corrected chi connectivity index (χ0v) is 9.36. The third-order valence-electron chi connectivity index (χ3n) is 1.55. The van der Waals surface area contributed by atoms with Gasteiger partial charge < -0.3 is 0 Å². The molecule has 0 N–H and O–H groups in total. The average molecular weight is 230 g/mol. The van der Waals surface area contributed by atoms with E-state index in [0.29, 0.717) is 6.42 Å². The maximum absolute atomic E-state index is 10.9. The van der Waals surface area contributed by atoms with Gasteiger partial charge in [-0.25, -0.2) is 13.4 Å². The summed E-state index contributed by atoms with van der Waals surface area (Å²) in [7, 11) is -2.92. The lowest BCUT2D eigenvalue weighted by atomic mass is 10.4. The second-order valence-corrected chi connectivity index (χ2v) is 6.15. The van der Waals surface area contributed by atoms with E-state index in [1.165, 1.54) is 17.6 Å². The summed E-state index contributed by atoms with van der Waals surface area (Å²) in [6.45, 7) is 0. The molecular formula is C8H10N2O2S2. The monoisotopic (exact) mass is 230 g/mol. The fourth-order valence-corrected chi connectivity index (χ4v) is 2.39. The number of hydrogen-bond donors (Lipinski definition) is 0. The summed E-state index contributed by atoms with van der Waals surface area (Å²) >= 11 is 1.40. The largest absolute Gasteiger partial charge is 0.245 e. The highest BCUT2D eigenvalue weighted by Gasteiger charge is 2.06. The van der Waals surface area contributed by atoms with Crippen molar-refractivity contribution >= 4 is 21.2 Å². The first-order valence-electron chi connectivity index (χ1n) is 3.99. The molecule has 0 saturated carbocycles. The van der Waals surface area contributed by atoms with Crippen molar-refractivity contribution < 1.29 is 8.42 Å². The highest BCUT2D eigenvalue weighted by molar-refractivity contribution is 7.90. The number of hydrogen-bond acceptors (Lipinski definition) is 5. The van der Waals surface area contributed by atoms with Crippen LogP contribution in [0.4, 0.5) is 0 Å². The fraction of sp³-hybridized carbons (Fsp3) is 0.500. The van der Waals surface area contributed by atoms with E-state index in [-0.39, 0.29) is 12.2 Å². The van der Waals surface area contributed by atoms with E-state index in [1.807, 2.05) is 6.07 Å². The Morgan fingerprint density at radius 3 is 2.93 bits per heavy atom. The minimum absolute atomic E-state index is 0.118. The second-order valence-electron chi connectivity index (χ2n) is 2.95. The summed E-state index contributed by atoms with van der Waals surface area (Å²) in [5, 5.41) is 11.0. The van der Waals surface area contributed by atoms with E-state index in [1.54, 1.807) is 5.38 Å². The molecule has 0 fully saturated rings. The molecule has 0 saturated heterocycles. The molecule has 1 aromatic rings. The molecule has 0 amide bonds. The van der Waals surface area contributed by atoms with Gasteiger partial charge in [-0.3, -0.25) is 0 Å². The lowest BCUT2D eigenvalue weighted by Crippen LogP contribution is -2.05. The van der Waals surface area contributed by atoms with Crippen molar-refractivity contribution in [1.82, 2.24) is 4.98 Å². The first-order chi connectivity index (χ1) is 6.51. The molecule has 0 aliphatic heterocycles. The van der Waals surface area contributed by atoms with Crippen molar-refractivity contribution in [1.29, 1.82) is 5.26 Å². The van der Waals surface area contributed by atoms with Gasteiger partial charge >= 0.3 is 0 Å². The molecule has 0 aromatic carbocycles. The smallest absolute Gasteiger partial charge is 0.147 e. The Morgan fingerprint density at radius 2 is 2.36 bits per heavy atom. The summed E-state index contributed by atoms with van der Waals surface area (Å²) in [5.74, 6) is 0.118. The molecule has 0 atom stereocenters. The standard InChI is InChI=1S/C8H10N2O2S2/c1-14(11,12)5-3-8-10-7(2-4-9)6-13-8/h6H,2-3,5H2,1H3. The lowest BCUT2D eigenvalue weighted by molar-refractivity contribution is 0.601. The number of nitriles is 1. The Hall–Kier alpha value is -0.930. The molecular weight excluding hydrogens is 220 g/mol. The first kappa shape index (κ1) is 11.1. The Bertz CT molecular complexity index is 442. The Morgan fingerprint density at radius 1 is 1.64 bits per heavy atom. The highest BCUT2D eigenvalue weighted by Crippen LogP contribution is 2.11. The SMILES string of the molecule is CS(=O)(=O)CCc1nc(CC#N)cs1. The molecule has 1 aromatic heterocycles. The number of thiazole rings is 1. The van der Waals surface area contributed by atoms with Crippen molar-refractivity contribution in [2.45, 2.75) is 12.8 Å². The van der Waals surface area contributed by atoms with Gasteiger partial charge in [-0.05, 0) is 0 Å². The van der Waals surface area contributed by atoms with E-state index in [2.05, 4.69) is 4.98 Å². The van der Waals surface area contributed by atoms with Crippen LogP contribution in [0.15, 0.2) is 5.38 Å². The molecule has 76 valence electrons. The number of aryl methyl sites for hydroxylation is 1. The minimum atomic E-state index is -2.92. The van der Waals surface area contributed by atoms with Gasteiger partial charge in [-0.1, -0.05) is 0 Å². The van der Waals surface area contributed by atoms with Gasteiger partial charge in [0.05, 0.1) is 28.9 Å². The van der Waals surface area contributed by atoms with Crippen LogP contribution in [0.3, 0.4) is 0 Å². The van der Waals surface area contributed by atoms with Crippen LogP contribution in [0.2, 0.25) is 0 Å². The van der Waals surface area contributed by atoms with E-state index in [9.17, 15) is 8.42 Å². The molecule has 14 heavy (non-hydrogen) atoms. The predicted octanol–water partition coefficient (Wildman–Crippen LogP) is 0.796. The van der Waals surface area contributed by atoms with Crippen molar-refractivity contribution in [2.24, 2.45) is 0 Å². The summed E-state index contributed by atoms with van der Waals surface area (Å²) < 4.78 is 21.7. The van der Waals surface area contributed by atoms with Crippen LogP contribution in [0.5, 0.6) is 0 Å². The van der Waals surface area contributed by atoms with Crippen LogP contribution in [-0.4, -0.2) is 25.4 Å². The zero-order chi connectivity index (χ0) is 10.6. The van der Waals surface area contributed by atoms with Gasteiger partial charge in [-0.15, -0.1) is 11.3 Å². The van der Waals surface area contributed by atoms with Crippen LogP contribution in [0.1, 0.15) is 10.7 Å². The van der Waals surface area contributed by atoms with E-state index < -0.39 is 9.84 Å². The van der Waals surface area contributed by atoms with Crippen LogP contribution < -0.4 is 0 Å². The Kier molecular flexibility index (Phi) is 3.61. The summed E-state index contributed by atoms with van der Waals surface area (Å²) in [5.41, 5.74) is 0.723. The van der Waals surface area contributed by atoms with E-state index in [4.69, 9.17) is 5.26 Å². The summed E-state index contributed by atoms with van der Waals surface area (Å²) in [4.78, 5) is 4.13. The van der Waals surface area contributed by atoms with Gasteiger partial charge in [0.1, 0.15) is 9.84 Å². The number of sulfone groups is 1. The zero-order valence-electron chi connectivity index (χ0n) is 7.73. The molecule has 0 bridgehead atoms. The Labute approximate surface area is 87.1 Å². The molecule has 4 nitrogen and oxygen atoms in total. The van der Waals surface area contributed by atoms with Crippen molar-refractivity contribution in [3.05, 3.63) is 16.1 Å². The maximum Gasteiger partial charge on any atom is 0.147 e. The normalized spacial score (nSPS) is 11.1. The van der Waals surface area contributed by atoms with Crippen molar-refractivity contribution in [3.63, 3.8) is 0 Å². The topological polar surface area (TPSA) is 70.8 Å². The van der Waals surface area contributed by atoms with Gasteiger partial charge in [0, 0.05) is 18.1 Å². The van der Waals surface area contributed by atoms with Gasteiger partial charge in [0.15, 0.2) is 0 Å². The first-order valence-corrected chi connectivity index (χ1v) is 6.93. The molecule has 1 heterocycles. The number of aromatic nitrogens is 1. The maximum atomic E-state index is 10.9. The summed E-state index contributed by atoms with van der Waals surface area (Å²) in [6.07, 6.45) is 1.93. The van der Waals surface area contributed by atoms with E-state index in [0.717, 1.165) is 10.7 Å². The third-order valence-corrected chi connectivity index (χ3v) is 3.45. The molecule has 0 aliphatic carbocycles. The van der Waals surface area contributed by atoms with Gasteiger partial charge in [0.25, 0.3) is 0 Å². The number of rotatable bonds is 4.